The van der Waals surface area contributed by atoms with Crippen LogP contribution in [0.5, 0.6) is 11.5 Å². The molecule has 0 atom stereocenters. The molecule has 0 aliphatic heterocycles. The van der Waals surface area contributed by atoms with Crippen molar-refractivity contribution in [3.8, 4) is 33.8 Å². The fourth-order valence-electron chi connectivity index (χ4n) is 3.81. The molecule has 0 bridgehead atoms. The molecule has 5 rings (SSSR count). The summed E-state index contributed by atoms with van der Waals surface area (Å²) in [5.74, 6) is -0.636. The van der Waals surface area contributed by atoms with Gasteiger partial charge in [0.15, 0.2) is 0 Å². The van der Waals surface area contributed by atoms with Crippen LogP contribution < -0.4 is 9.47 Å². The molecule has 0 aliphatic carbocycles. The summed E-state index contributed by atoms with van der Waals surface area (Å²) in [7, 11) is 0. The zero-order valence-electron chi connectivity index (χ0n) is 19.6. The zero-order valence-corrected chi connectivity index (χ0v) is 20.4. The molecule has 0 saturated heterocycles. The van der Waals surface area contributed by atoms with Gasteiger partial charge in [0.05, 0.1) is 16.1 Å². The number of esters is 2. The molecule has 0 aliphatic rings. The van der Waals surface area contributed by atoms with Crippen molar-refractivity contribution in [3.05, 3.63) is 144 Å². The van der Waals surface area contributed by atoms with Crippen LogP contribution in [-0.2, 0) is 0 Å². The third-order valence-corrected chi connectivity index (χ3v) is 6.07. The van der Waals surface area contributed by atoms with Crippen molar-refractivity contribution >= 4 is 23.5 Å². The average Bonchev–Trinajstić information content (AvgIpc) is 2.95. The Hall–Kier alpha value is -4.67. The smallest absolute Gasteiger partial charge is 0.343 e. The molecule has 0 radical (unpaired) electrons. The molecule has 0 N–H and O–H groups in total. The first-order valence-electron chi connectivity index (χ1n) is 11.6. The molecule has 4 nitrogen and oxygen atoms in total. The van der Waals surface area contributed by atoms with Crippen LogP contribution in [0.2, 0.25) is 5.02 Å². The number of hydrogen-bond donors (Lipinski definition) is 0. The van der Waals surface area contributed by atoms with E-state index in [1.807, 2.05) is 84.9 Å². The van der Waals surface area contributed by atoms with Crippen LogP contribution in [0.15, 0.2) is 127 Å². The van der Waals surface area contributed by atoms with Gasteiger partial charge >= 0.3 is 11.9 Å². The lowest BCUT2D eigenvalue weighted by Gasteiger charge is -2.10. The lowest BCUT2D eigenvalue weighted by molar-refractivity contribution is 0.0719. The molecule has 0 amide bonds. The molecule has 0 spiro atoms. The van der Waals surface area contributed by atoms with Crippen molar-refractivity contribution in [2.45, 2.75) is 0 Å². The fraction of sp³-hybridized carbons (Fsp3) is 0. The summed E-state index contributed by atoms with van der Waals surface area (Å²) >= 11 is 6.32. The Kier molecular flexibility index (Phi) is 7.11. The molecule has 0 unspecified atom stereocenters. The summed E-state index contributed by atoms with van der Waals surface area (Å²) in [6, 6.07) is 38.5. The van der Waals surface area contributed by atoms with Crippen LogP contribution >= 0.6 is 11.6 Å². The minimum absolute atomic E-state index is 0.152. The summed E-state index contributed by atoms with van der Waals surface area (Å²) in [5, 5.41) is 0.152. The number of halogens is 1. The second-order valence-electron chi connectivity index (χ2n) is 8.26. The molecule has 5 heteroatoms. The molecule has 0 heterocycles. The normalized spacial score (nSPS) is 10.5. The van der Waals surface area contributed by atoms with Crippen LogP contribution in [0, 0.1) is 0 Å². The number of carbonyl (C=O) groups excluding carboxylic acids is 2. The third kappa shape index (κ3) is 5.77. The minimum atomic E-state index is -0.537. The first-order chi connectivity index (χ1) is 18.1. The van der Waals surface area contributed by atoms with Crippen molar-refractivity contribution in [2.75, 3.05) is 0 Å². The predicted molar refractivity (Wildman–Crippen MR) is 145 cm³/mol. The van der Waals surface area contributed by atoms with E-state index in [9.17, 15) is 9.59 Å². The molecule has 0 fully saturated rings. The highest BCUT2D eigenvalue weighted by Gasteiger charge is 2.14. The van der Waals surface area contributed by atoms with Gasteiger partial charge in [0, 0.05) is 6.07 Å². The molecule has 0 saturated carbocycles. The minimum Gasteiger partial charge on any atom is -0.423 e. The number of benzene rings is 5. The van der Waals surface area contributed by atoms with Crippen molar-refractivity contribution in [1.82, 2.24) is 0 Å². The quantitative estimate of drug-likeness (QED) is 0.173. The van der Waals surface area contributed by atoms with Gasteiger partial charge in [-0.05, 0) is 58.7 Å². The van der Waals surface area contributed by atoms with Crippen molar-refractivity contribution in [1.29, 1.82) is 0 Å². The zero-order chi connectivity index (χ0) is 25.6. The fourth-order valence-corrected chi connectivity index (χ4v) is 4.02. The maximum atomic E-state index is 12.6. The largest absolute Gasteiger partial charge is 0.423 e. The summed E-state index contributed by atoms with van der Waals surface area (Å²) in [6.07, 6.45) is 0. The first kappa shape index (κ1) is 24.0. The summed E-state index contributed by atoms with van der Waals surface area (Å²) in [5.41, 5.74) is 4.92. The average molecular weight is 505 g/mol. The monoisotopic (exact) mass is 504 g/mol. The van der Waals surface area contributed by atoms with E-state index in [1.165, 1.54) is 18.2 Å². The molecule has 5 aromatic carbocycles. The van der Waals surface area contributed by atoms with E-state index in [1.54, 1.807) is 24.3 Å². The first-order valence-corrected chi connectivity index (χ1v) is 12.0. The van der Waals surface area contributed by atoms with Gasteiger partial charge in [0.1, 0.15) is 11.5 Å². The number of rotatable bonds is 6. The summed E-state index contributed by atoms with van der Waals surface area (Å²) in [4.78, 5) is 25.2. The van der Waals surface area contributed by atoms with Crippen LogP contribution in [0.25, 0.3) is 22.3 Å². The van der Waals surface area contributed by atoms with Crippen LogP contribution in [0.3, 0.4) is 0 Å². The van der Waals surface area contributed by atoms with Crippen molar-refractivity contribution in [2.24, 2.45) is 0 Å². The van der Waals surface area contributed by atoms with Gasteiger partial charge in [-0.1, -0.05) is 96.5 Å². The highest BCUT2D eigenvalue weighted by molar-refractivity contribution is 6.32. The Bertz CT molecular complexity index is 1530. The van der Waals surface area contributed by atoms with E-state index in [0.717, 1.165) is 22.3 Å². The second kappa shape index (κ2) is 10.9. The molecule has 37 heavy (non-hydrogen) atoms. The van der Waals surface area contributed by atoms with E-state index in [0.29, 0.717) is 11.1 Å². The molecular weight excluding hydrogens is 484 g/mol. The van der Waals surface area contributed by atoms with Crippen LogP contribution in [-0.4, -0.2) is 11.9 Å². The number of carbonyl (C=O) groups is 2. The Morgan fingerprint density at radius 2 is 0.919 bits per heavy atom. The van der Waals surface area contributed by atoms with Gasteiger partial charge < -0.3 is 9.47 Å². The summed E-state index contributed by atoms with van der Waals surface area (Å²) in [6.45, 7) is 0. The van der Waals surface area contributed by atoms with Crippen LogP contribution in [0.1, 0.15) is 20.7 Å². The van der Waals surface area contributed by atoms with Gasteiger partial charge in [0.2, 0.25) is 0 Å². The topological polar surface area (TPSA) is 52.6 Å². The van der Waals surface area contributed by atoms with Gasteiger partial charge in [-0.2, -0.15) is 0 Å². The van der Waals surface area contributed by atoms with E-state index in [4.69, 9.17) is 21.1 Å². The van der Waals surface area contributed by atoms with Crippen LogP contribution in [0.4, 0.5) is 0 Å². The van der Waals surface area contributed by atoms with Crippen molar-refractivity contribution < 1.29 is 19.1 Å². The SMILES string of the molecule is O=C(Oc1ccc(OC(=O)c2ccc(-c3ccccc3)cc2)c(Cl)c1)c1ccc(-c2ccccc2)cc1. The maximum absolute atomic E-state index is 12.6. The van der Waals surface area contributed by atoms with E-state index >= 15 is 0 Å². The number of hydrogen-bond acceptors (Lipinski definition) is 4. The molecule has 0 aromatic heterocycles. The maximum Gasteiger partial charge on any atom is 0.343 e. The summed E-state index contributed by atoms with van der Waals surface area (Å²) < 4.78 is 10.9. The third-order valence-electron chi connectivity index (χ3n) is 5.77. The molecular formula is C32H21ClO4. The predicted octanol–water partition coefficient (Wildman–Crippen LogP) is 8.11. The second-order valence-corrected chi connectivity index (χ2v) is 8.67. The Morgan fingerprint density at radius 1 is 0.486 bits per heavy atom. The highest BCUT2D eigenvalue weighted by atomic mass is 35.5. The lowest BCUT2D eigenvalue weighted by Crippen LogP contribution is -2.10. The van der Waals surface area contributed by atoms with Gasteiger partial charge in [-0.15, -0.1) is 0 Å². The van der Waals surface area contributed by atoms with Gasteiger partial charge in [-0.3, -0.25) is 0 Å². The number of ether oxygens (including phenoxy) is 2. The van der Waals surface area contributed by atoms with Gasteiger partial charge in [-0.25, -0.2) is 9.59 Å². The molecule has 5 aromatic rings. The standard InChI is InChI=1S/C32H21ClO4/c33-29-21-28(36-31(34)26-15-11-24(12-16-26)22-7-3-1-4-8-22)19-20-30(29)37-32(35)27-17-13-25(14-18-27)23-9-5-2-6-10-23/h1-21H. The Balaban J connectivity index is 1.22. The van der Waals surface area contributed by atoms with E-state index < -0.39 is 11.9 Å². The highest BCUT2D eigenvalue weighted by Crippen LogP contribution is 2.30. The lowest BCUT2D eigenvalue weighted by atomic mass is 10.0. The van der Waals surface area contributed by atoms with E-state index in [-0.39, 0.29) is 16.5 Å². The van der Waals surface area contributed by atoms with Crippen molar-refractivity contribution in [3.63, 3.8) is 0 Å². The van der Waals surface area contributed by atoms with Gasteiger partial charge in [0.25, 0.3) is 0 Å². The Labute approximate surface area is 219 Å². The molecule has 180 valence electrons. The van der Waals surface area contributed by atoms with E-state index in [2.05, 4.69) is 0 Å². The Morgan fingerprint density at radius 3 is 1.38 bits per heavy atom.